The van der Waals surface area contributed by atoms with Crippen LogP contribution >= 0.6 is 0 Å². The maximum Gasteiger partial charge on any atom is 0.0634 e. The standard InChI is InChI=1S/C8H18N2O/c1-7(2)10-3-4-11-6-8(10)5-9/h7-8H,3-6,9H2,1-2H3. The van der Waals surface area contributed by atoms with E-state index in [0.717, 1.165) is 19.8 Å². The molecular formula is C8H18N2O. The third-order valence-corrected chi connectivity index (χ3v) is 2.21. The van der Waals surface area contributed by atoms with Gasteiger partial charge in [-0.1, -0.05) is 0 Å². The fourth-order valence-corrected chi connectivity index (χ4v) is 1.55. The number of hydrogen-bond acceptors (Lipinski definition) is 3. The van der Waals surface area contributed by atoms with E-state index < -0.39 is 0 Å². The number of morpholine rings is 1. The van der Waals surface area contributed by atoms with Crippen molar-refractivity contribution in [3.63, 3.8) is 0 Å². The minimum absolute atomic E-state index is 0.434. The molecule has 0 bridgehead atoms. The molecule has 1 rings (SSSR count). The van der Waals surface area contributed by atoms with Crippen molar-refractivity contribution in [3.8, 4) is 0 Å². The lowest BCUT2D eigenvalue weighted by molar-refractivity contribution is -0.0184. The highest BCUT2D eigenvalue weighted by atomic mass is 16.5. The fraction of sp³-hybridized carbons (Fsp3) is 1.00. The molecule has 66 valence electrons. The molecule has 1 fully saturated rings. The molecule has 3 nitrogen and oxygen atoms in total. The van der Waals surface area contributed by atoms with Gasteiger partial charge in [-0.25, -0.2) is 0 Å². The zero-order valence-corrected chi connectivity index (χ0v) is 7.42. The van der Waals surface area contributed by atoms with Crippen LogP contribution in [0.5, 0.6) is 0 Å². The molecule has 0 radical (unpaired) electrons. The summed E-state index contributed by atoms with van der Waals surface area (Å²) >= 11 is 0. The second-order valence-electron chi connectivity index (χ2n) is 3.30. The van der Waals surface area contributed by atoms with Crippen molar-refractivity contribution in [1.29, 1.82) is 0 Å². The van der Waals surface area contributed by atoms with E-state index in [1.54, 1.807) is 0 Å². The van der Waals surface area contributed by atoms with Crippen LogP contribution in [-0.4, -0.2) is 43.3 Å². The van der Waals surface area contributed by atoms with E-state index in [-0.39, 0.29) is 0 Å². The summed E-state index contributed by atoms with van der Waals surface area (Å²) in [4.78, 5) is 2.41. The van der Waals surface area contributed by atoms with Crippen molar-refractivity contribution in [1.82, 2.24) is 4.90 Å². The van der Waals surface area contributed by atoms with E-state index in [1.165, 1.54) is 0 Å². The molecule has 1 atom stereocenters. The Kier molecular flexibility index (Phi) is 3.30. The zero-order chi connectivity index (χ0) is 8.27. The van der Waals surface area contributed by atoms with Gasteiger partial charge < -0.3 is 10.5 Å². The van der Waals surface area contributed by atoms with Crippen molar-refractivity contribution >= 4 is 0 Å². The molecule has 0 aromatic carbocycles. The molecule has 0 aromatic heterocycles. The van der Waals surface area contributed by atoms with Crippen LogP contribution in [0, 0.1) is 0 Å². The smallest absolute Gasteiger partial charge is 0.0634 e. The molecule has 11 heavy (non-hydrogen) atoms. The van der Waals surface area contributed by atoms with Crippen molar-refractivity contribution in [3.05, 3.63) is 0 Å². The second kappa shape index (κ2) is 4.04. The van der Waals surface area contributed by atoms with Crippen LogP contribution in [0.15, 0.2) is 0 Å². The lowest BCUT2D eigenvalue weighted by atomic mass is 10.2. The third kappa shape index (κ3) is 2.15. The normalized spacial score (nSPS) is 27.8. The van der Waals surface area contributed by atoms with Crippen molar-refractivity contribution in [2.24, 2.45) is 5.73 Å². The minimum Gasteiger partial charge on any atom is -0.378 e. The zero-order valence-electron chi connectivity index (χ0n) is 7.42. The lowest BCUT2D eigenvalue weighted by Crippen LogP contribution is -2.52. The number of nitrogens with two attached hydrogens (primary N) is 1. The second-order valence-corrected chi connectivity index (χ2v) is 3.30. The van der Waals surface area contributed by atoms with E-state index >= 15 is 0 Å². The summed E-state index contributed by atoms with van der Waals surface area (Å²) < 4.78 is 5.33. The van der Waals surface area contributed by atoms with Gasteiger partial charge in [0, 0.05) is 25.2 Å². The van der Waals surface area contributed by atoms with Crippen LogP contribution in [0.2, 0.25) is 0 Å². The van der Waals surface area contributed by atoms with Gasteiger partial charge in [0.05, 0.1) is 13.2 Å². The number of ether oxygens (including phenoxy) is 1. The molecular weight excluding hydrogens is 140 g/mol. The topological polar surface area (TPSA) is 38.5 Å². The highest BCUT2D eigenvalue weighted by molar-refractivity contribution is 4.78. The number of nitrogens with zero attached hydrogens (tertiary/aromatic N) is 1. The average Bonchev–Trinajstić information content (AvgIpc) is 2.04. The largest absolute Gasteiger partial charge is 0.378 e. The van der Waals surface area contributed by atoms with Crippen LogP contribution in [-0.2, 0) is 4.74 Å². The molecule has 0 saturated carbocycles. The van der Waals surface area contributed by atoms with Crippen LogP contribution < -0.4 is 5.73 Å². The first-order valence-electron chi connectivity index (χ1n) is 4.29. The summed E-state index contributed by atoms with van der Waals surface area (Å²) in [7, 11) is 0. The van der Waals surface area contributed by atoms with Gasteiger partial charge in [0.25, 0.3) is 0 Å². The van der Waals surface area contributed by atoms with E-state index in [0.29, 0.717) is 18.6 Å². The van der Waals surface area contributed by atoms with Crippen molar-refractivity contribution in [2.45, 2.75) is 25.9 Å². The Hall–Kier alpha value is -0.120. The number of rotatable bonds is 2. The average molecular weight is 158 g/mol. The maximum absolute atomic E-state index is 5.61. The van der Waals surface area contributed by atoms with Gasteiger partial charge in [0.1, 0.15) is 0 Å². The summed E-state index contributed by atoms with van der Waals surface area (Å²) in [5.41, 5.74) is 5.61. The van der Waals surface area contributed by atoms with Gasteiger partial charge in [-0.2, -0.15) is 0 Å². The van der Waals surface area contributed by atoms with Crippen LogP contribution in [0.4, 0.5) is 0 Å². The van der Waals surface area contributed by atoms with Gasteiger partial charge in [0.15, 0.2) is 0 Å². The Labute approximate surface area is 68.5 Å². The van der Waals surface area contributed by atoms with Crippen molar-refractivity contribution in [2.75, 3.05) is 26.3 Å². The van der Waals surface area contributed by atoms with Gasteiger partial charge >= 0.3 is 0 Å². The summed E-state index contributed by atoms with van der Waals surface area (Å²) in [5, 5.41) is 0. The van der Waals surface area contributed by atoms with Gasteiger partial charge in [-0.15, -0.1) is 0 Å². The Bertz CT molecular complexity index is 117. The maximum atomic E-state index is 5.61. The predicted molar refractivity (Wildman–Crippen MR) is 45.5 cm³/mol. The first-order valence-corrected chi connectivity index (χ1v) is 4.29. The van der Waals surface area contributed by atoms with E-state index in [1.807, 2.05) is 0 Å². The Morgan fingerprint density at radius 3 is 2.82 bits per heavy atom. The van der Waals surface area contributed by atoms with Crippen LogP contribution in [0.25, 0.3) is 0 Å². The van der Waals surface area contributed by atoms with Gasteiger partial charge in [-0.05, 0) is 13.8 Å². The molecule has 2 N–H and O–H groups in total. The predicted octanol–water partition coefficient (Wildman–Crippen LogP) is 0.0543. The molecule has 0 spiro atoms. The fourth-order valence-electron chi connectivity index (χ4n) is 1.55. The summed E-state index contributed by atoms with van der Waals surface area (Å²) in [6.45, 7) is 7.79. The van der Waals surface area contributed by atoms with Gasteiger partial charge in [0.2, 0.25) is 0 Å². The lowest BCUT2D eigenvalue weighted by Gasteiger charge is -2.37. The monoisotopic (exact) mass is 158 g/mol. The third-order valence-electron chi connectivity index (χ3n) is 2.21. The SMILES string of the molecule is CC(C)N1CCOCC1CN. The van der Waals surface area contributed by atoms with E-state index in [2.05, 4.69) is 18.7 Å². The minimum atomic E-state index is 0.434. The Balaban J connectivity index is 2.44. The van der Waals surface area contributed by atoms with Crippen LogP contribution in [0.3, 0.4) is 0 Å². The summed E-state index contributed by atoms with van der Waals surface area (Å²) in [6, 6.07) is 1.02. The molecule has 1 aliphatic rings. The first-order chi connectivity index (χ1) is 5.25. The first kappa shape index (κ1) is 8.97. The van der Waals surface area contributed by atoms with Gasteiger partial charge in [-0.3, -0.25) is 4.90 Å². The van der Waals surface area contributed by atoms with Crippen LogP contribution in [0.1, 0.15) is 13.8 Å². The molecule has 0 aliphatic carbocycles. The molecule has 1 heterocycles. The Morgan fingerprint density at radius 2 is 2.36 bits per heavy atom. The van der Waals surface area contributed by atoms with Crippen molar-refractivity contribution < 1.29 is 4.74 Å². The number of hydrogen-bond donors (Lipinski definition) is 1. The quantitative estimate of drug-likeness (QED) is 0.617. The van der Waals surface area contributed by atoms with E-state index in [9.17, 15) is 0 Å². The molecule has 1 saturated heterocycles. The molecule has 0 aromatic rings. The summed E-state index contributed by atoms with van der Waals surface area (Å²) in [5.74, 6) is 0. The summed E-state index contributed by atoms with van der Waals surface area (Å²) in [6.07, 6.45) is 0. The molecule has 3 heteroatoms. The highest BCUT2D eigenvalue weighted by Crippen LogP contribution is 2.09. The van der Waals surface area contributed by atoms with E-state index in [4.69, 9.17) is 10.5 Å². The highest BCUT2D eigenvalue weighted by Gasteiger charge is 2.23. The Morgan fingerprint density at radius 1 is 1.64 bits per heavy atom. The molecule has 0 amide bonds. The molecule has 1 unspecified atom stereocenters. The molecule has 1 aliphatic heterocycles.